The molecule has 0 unspecified atom stereocenters. The smallest absolute Gasteiger partial charge is 0.252 e. The number of thioether (sulfide) groups is 1. The minimum atomic E-state index is -0.272. The van der Waals surface area contributed by atoms with Crippen molar-refractivity contribution < 1.29 is 14.0 Å². The van der Waals surface area contributed by atoms with Crippen LogP contribution < -0.4 is 5.32 Å². The summed E-state index contributed by atoms with van der Waals surface area (Å²) < 4.78 is 5.83. The third-order valence-corrected chi connectivity index (χ3v) is 5.26. The molecular formula is C21H22N2O3S. The van der Waals surface area contributed by atoms with E-state index in [9.17, 15) is 9.59 Å². The van der Waals surface area contributed by atoms with E-state index in [1.165, 1.54) is 11.8 Å². The zero-order valence-electron chi connectivity index (χ0n) is 15.6. The van der Waals surface area contributed by atoms with Crippen molar-refractivity contribution in [3.05, 3.63) is 65.9 Å². The van der Waals surface area contributed by atoms with E-state index in [0.717, 1.165) is 15.9 Å². The van der Waals surface area contributed by atoms with Crippen LogP contribution in [0.3, 0.4) is 0 Å². The first-order valence-corrected chi connectivity index (χ1v) is 9.65. The summed E-state index contributed by atoms with van der Waals surface area (Å²) in [6.07, 6.45) is 0. The van der Waals surface area contributed by atoms with Gasteiger partial charge in [-0.3, -0.25) is 9.59 Å². The summed E-state index contributed by atoms with van der Waals surface area (Å²) in [5, 5.41) is 3.99. The van der Waals surface area contributed by atoms with Crippen LogP contribution in [0, 0.1) is 0 Å². The molecule has 2 aromatic carbocycles. The van der Waals surface area contributed by atoms with E-state index >= 15 is 0 Å². The minimum Gasteiger partial charge on any atom is -0.459 e. The van der Waals surface area contributed by atoms with Crippen LogP contribution in [0.2, 0.25) is 0 Å². The van der Waals surface area contributed by atoms with Gasteiger partial charge in [0, 0.05) is 24.4 Å². The molecule has 5 nitrogen and oxygen atoms in total. The van der Waals surface area contributed by atoms with Crippen molar-refractivity contribution in [3.8, 4) is 0 Å². The number of nitrogens with zero attached hydrogens (tertiary/aromatic N) is 1. The van der Waals surface area contributed by atoms with Crippen molar-refractivity contribution in [3.63, 3.8) is 0 Å². The van der Waals surface area contributed by atoms with Gasteiger partial charge in [0.15, 0.2) is 0 Å². The Morgan fingerprint density at radius 2 is 1.81 bits per heavy atom. The Labute approximate surface area is 162 Å². The second kappa shape index (κ2) is 8.31. The van der Waals surface area contributed by atoms with E-state index in [4.69, 9.17) is 4.42 Å². The van der Waals surface area contributed by atoms with Crippen molar-refractivity contribution in [1.29, 1.82) is 0 Å². The van der Waals surface area contributed by atoms with Gasteiger partial charge in [-0.2, -0.15) is 0 Å². The lowest BCUT2D eigenvalue weighted by Crippen LogP contribution is -2.27. The Balaban J connectivity index is 1.72. The van der Waals surface area contributed by atoms with E-state index < -0.39 is 0 Å². The standard InChI is InChI=1S/C21H22N2O3S/c1-14(18-12-15-8-4-6-10-17(15)26-18)22-21(25)16-9-5-7-11-19(16)27-13-20(24)23(2)3/h4-12,14H,13H2,1-3H3,(H,22,25)/t14-/m0/s1. The highest BCUT2D eigenvalue weighted by Crippen LogP contribution is 2.26. The first-order valence-electron chi connectivity index (χ1n) is 8.67. The molecule has 0 aliphatic rings. The number of hydrogen-bond acceptors (Lipinski definition) is 4. The number of fused-ring (bicyclic) bond motifs is 1. The quantitative estimate of drug-likeness (QED) is 0.652. The zero-order chi connectivity index (χ0) is 19.4. The molecule has 0 saturated heterocycles. The van der Waals surface area contributed by atoms with E-state index in [0.29, 0.717) is 11.3 Å². The Kier molecular flexibility index (Phi) is 5.86. The lowest BCUT2D eigenvalue weighted by Gasteiger charge is -2.14. The predicted octanol–water partition coefficient (Wildman–Crippen LogP) is 4.10. The highest BCUT2D eigenvalue weighted by atomic mass is 32.2. The van der Waals surface area contributed by atoms with Crippen LogP contribution in [-0.4, -0.2) is 36.6 Å². The average Bonchev–Trinajstić information content (AvgIpc) is 3.10. The van der Waals surface area contributed by atoms with Crippen molar-refractivity contribution >= 4 is 34.5 Å². The van der Waals surface area contributed by atoms with Crippen molar-refractivity contribution in [2.45, 2.75) is 17.9 Å². The second-order valence-electron chi connectivity index (χ2n) is 6.45. The van der Waals surface area contributed by atoms with Crippen LogP contribution >= 0.6 is 11.8 Å². The number of benzene rings is 2. The van der Waals surface area contributed by atoms with Gasteiger partial charge in [-0.1, -0.05) is 30.3 Å². The molecule has 0 bridgehead atoms. The van der Waals surface area contributed by atoms with E-state index in [1.807, 2.05) is 55.5 Å². The lowest BCUT2D eigenvalue weighted by molar-refractivity contribution is -0.125. The molecule has 1 heterocycles. The number of carbonyl (C=O) groups is 2. The fourth-order valence-corrected chi connectivity index (χ4v) is 3.64. The first kappa shape index (κ1) is 19.0. The maximum Gasteiger partial charge on any atom is 0.252 e. The normalized spacial score (nSPS) is 12.0. The monoisotopic (exact) mass is 382 g/mol. The number of amides is 2. The maximum atomic E-state index is 12.8. The number of rotatable bonds is 6. The SMILES string of the molecule is C[C@H](NC(=O)c1ccccc1SCC(=O)N(C)C)c1cc2ccccc2o1. The Hall–Kier alpha value is -2.73. The molecule has 1 aromatic heterocycles. The number of hydrogen-bond donors (Lipinski definition) is 1. The number of furan rings is 1. The van der Waals surface area contributed by atoms with E-state index in [-0.39, 0.29) is 23.6 Å². The van der Waals surface area contributed by atoms with Crippen LogP contribution in [0.25, 0.3) is 11.0 Å². The molecule has 0 spiro atoms. The van der Waals surface area contributed by atoms with Gasteiger partial charge in [0.05, 0.1) is 17.4 Å². The summed E-state index contributed by atoms with van der Waals surface area (Å²) in [6.45, 7) is 1.89. The fourth-order valence-electron chi connectivity index (χ4n) is 2.61. The highest BCUT2D eigenvalue weighted by Gasteiger charge is 2.18. The van der Waals surface area contributed by atoms with E-state index in [1.54, 1.807) is 25.1 Å². The number of nitrogens with one attached hydrogen (secondary N) is 1. The Morgan fingerprint density at radius 1 is 1.11 bits per heavy atom. The number of para-hydroxylation sites is 1. The van der Waals surface area contributed by atoms with Crippen LogP contribution in [0.4, 0.5) is 0 Å². The van der Waals surface area contributed by atoms with Gasteiger partial charge < -0.3 is 14.6 Å². The van der Waals surface area contributed by atoms with Gasteiger partial charge in [-0.05, 0) is 31.2 Å². The molecule has 0 fully saturated rings. The Morgan fingerprint density at radius 3 is 2.56 bits per heavy atom. The molecule has 2 amide bonds. The summed E-state index contributed by atoms with van der Waals surface area (Å²) in [4.78, 5) is 26.9. The molecule has 140 valence electrons. The fraction of sp³-hybridized carbons (Fsp3) is 0.238. The minimum absolute atomic E-state index is 0.00542. The van der Waals surface area contributed by atoms with Crippen LogP contribution in [0.5, 0.6) is 0 Å². The van der Waals surface area contributed by atoms with E-state index in [2.05, 4.69) is 5.32 Å². The van der Waals surface area contributed by atoms with Gasteiger partial charge >= 0.3 is 0 Å². The van der Waals surface area contributed by atoms with Gasteiger partial charge in [0.1, 0.15) is 11.3 Å². The predicted molar refractivity (Wildman–Crippen MR) is 108 cm³/mol. The van der Waals surface area contributed by atoms with Crippen molar-refractivity contribution in [1.82, 2.24) is 10.2 Å². The molecule has 3 aromatic rings. The highest BCUT2D eigenvalue weighted by molar-refractivity contribution is 8.00. The summed E-state index contributed by atoms with van der Waals surface area (Å²) in [5.74, 6) is 0.808. The summed E-state index contributed by atoms with van der Waals surface area (Å²) >= 11 is 1.36. The molecule has 6 heteroatoms. The summed E-state index contributed by atoms with van der Waals surface area (Å²) in [6, 6.07) is 16.7. The molecule has 0 aliphatic heterocycles. The van der Waals surface area contributed by atoms with Crippen LogP contribution in [-0.2, 0) is 4.79 Å². The summed E-state index contributed by atoms with van der Waals surface area (Å²) in [7, 11) is 3.44. The molecular weight excluding hydrogens is 360 g/mol. The number of carbonyl (C=O) groups excluding carboxylic acids is 2. The van der Waals surface area contributed by atoms with Gasteiger partial charge in [0.25, 0.3) is 5.91 Å². The third kappa shape index (κ3) is 4.52. The van der Waals surface area contributed by atoms with Gasteiger partial charge in [-0.25, -0.2) is 0 Å². The van der Waals surface area contributed by atoms with Crippen molar-refractivity contribution in [2.75, 3.05) is 19.8 Å². The van der Waals surface area contributed by atoms with Gasteiger partial charge in [-0.15, -0.1) is 11.8 Å². The molecule has 27 heavy (non-hydrogen) atoms. The van der Waals surface area contributed by atoms with Crippen molar-refractivity contribution in [2.24, 2.45) is 0 Å². The first-order chi connectivity index (χ1) is 13.0. The summed E-state index contributed by atoms with van der Waals surface area (Å²) in [5.41, 5.74) is 1.35. The van der Waals surface area contributed by atoms with Gasteiger partial charge in [0.2, 0.25) is 5.91 Å². The maximum absolute atomic E-state index is 12.8. The lowest BCUT2D eigenvalue weighted by atomic mass is 10.1. The Bertz CT molecular complexity index is 932. The second-order valence-corrected chi connectivity index (χ2v) is 7.47. The molecule has 0 radical (unpaired) electrons. The molecule has 0 saturated carbocycles. The van der Waals surface area contributed by atoms with Crippen LogP contribution in [0.1, 0.15) is 29.1 Å². The molecule has 1 N–H and O–H groups in total. The largest absolute Gasteiger partial charge is 0.459 e. The average molecular weight is 382 g/mol. The molecule has 3 rings (SSSR count). The zero-order valence-corrected chi connectivity index (χ0v) is 16.4. The van der Waals surface area contributed by atoms with Crippen LogP contribution in [0.15, 0.2) is 63.9 Å². The topological polar surface area (TPSA) is 62.6 Å². The molecule has 1 atom stereocenters. The molecule has 0 aliphatic carbocycles. The third-order valence-electron chi connectivity index (χ3n) is 4.20.